The number of guanidine groups is 1. The van der Waals surface area contributed by atoms with E-state index in [1.807, 2.05) is 6.92 Å². The molecule has 12 nitrogen and oxygen atoms in total. The lowest BCUT2D eigenvalue weighted by Gasteiger charge is -2.20. The molecule has 13 heteroatoms. The van der Waals surface area contributed by atoms with Gasteiger partial charge in [0.15, 0.2) is 0 Å². The Labute approximate surface area is 218 Å². The Morgan fingerprint density at radius 1 is 1.06 bits per heavy atom. The van der Waals surface area contributed by atoms with Crippen LogP contribution in [0.5, 0.6) is 0 Å². The Hall–Kier alpha value is -2.80. The van der Waals surface area contributed by atoms with Gasteiger partial charge in [-0.15, -0.1) is 0 Å². The van der Waals surface area contributed by atoms with Crippen molar-refractivity contribution in [2.75, 3.05) is 27.2 Å². The van der Waals surface area contributed by atoms with Crippen molar-refractivity contribution >= 4 is 42.7 Å². The first-order valence-corrected chi connectivity index (χ1v) is 12.2. The number of hydrogen-bond acceptors (Lipinski definition) is 10. The van der Waals surface area contributed by atoms with Crippen LogP contribution in [0, 0.1) is 0 Å². The van der Waals surface area contributed by atoms with Crippen molar-refractivity contribution in [1.29, 1.82) is 0 Å². The second-order valence-electron chi connectivity index (χ2n) is 8.87. The number of amides is 3. The van der Waals surface area contributed by atoms with Gasteiger partial charge >= 0.3 is 18.2 Å². The standard InChI is InChI=1S/C23H41N5O7S/c1-15(13-16(2)36)34-21(31)27-20(28-22(32)35-23(3,4)5)25-12-10-8-9-11-17(24-6)19(30)26-14-18(29)33-7/h13,16-17,24,36H,8-12,14H2,1-7H3,(H,26,30)(H2,25,27,28,31,32). The van der Waals surface area contributed by atoms with E-state index >= 15 is 0 Å². The molecule has 0 aliphatic rings. The minimum Gasteiger partial charge on any atom is -0.468 e. The molecule has 0 rings (SSSR count). The summed E-state index contributed by atoms with van der Waals surface area (Å²) >= 11 is 4.21. The maximum atomic E-state index is 12.2. The minimum atomic E-state index is -0.817. The van der Waals surface area contributed by atoms with Crippen molar-refractivity contribution in [1.82, 2.24) is 21.3 Å². The predicted molar refractivity (Wildman–Crippen MR) is 140 cm³/mol. The number of nitrogens with one attached hydrogen (secondary N) is 4. The number of ether oxygens (including phenoxy) is 3. The predicted octanol–water partition coefficient (Wildman–Crippen LogP) is 2.25. The smallest absolute Gasteiger partial charge is 0.419 e. The quantitative estimate of drug-likeness (QED) is 0.0488. The van der Waals surface area contributed by atoms with Gasteiger partial charge in [-0.2, -0.15) is 12.6 Å². The van der Waals surface area contributed by atoms with Crippen molar-refractivity contribution in [3.8, 4) is 0 Å². The van der Waals surface area contributed by atoms with Gasteiger partial charge in [-0.05, 0) is 60.6 Å². The van der Waals surface area contributed by atoms with Gasteiger partial charge in [-0.3, -0.25) is 25.2 Å². The number of rotatable bonds is 12. The number of thiol groups is 1. The van der Waals surface area contributed by atoms with E-state index in [1.54, 1.807) is 40.8 Å². The van der Waals surface area contributed by atoms with E-state index in [9.17, 15) is 19.2 Å². The average Bonchev–Trinajstić information content (AvgIpc) is 2.74. The van der Waals surface area contributed by atoms with Crippen LogP contribution in [-0.2, 0) is 23.8 Å². The summed E-state index contributed by atoms with van der Waals surface area (Å²) in [5.41, 5.74) is -0.731. The van der Waals surface area contributed by atoms with Crippen LogP contribution in [0.3, 0.4) is 0 Å². The van der Waals surface area contributed by atoms with E-state index in [1.165, 1.54) is 7.11 Å². The monoisotopic (exact) mass is 531 g/mol. The number of hydrogen-bond donors (Lipinski definition) is 5. The number of likely N-dealkylation sites (N-methyl/N-ethyl adjacent to an activating group) is 1. The Balaban J connectivity index is 4.83. The first-order chi connectivity index (χ1) is 16.8. The van der Waals surface area contributed by atoms with E-state index in [4.69, 9.17) is 9.47 Å². The largest absolute Gasteiger partial charge is 0.468 e. The summed E-state index contributed by atoms with van der Waals surface area (Å²) in [7, 11) is 2.92. The van der Waals surface area contributed by atoms with Crippen LogP contribution in [0.1, 0.15) is 60.3 Å². The van der Waals surface area contributed by atoms with E-state index in [0.29, 0.717) is 31.6 Å². The van der Waals surface area contributed by atoms with Crippen LogP contribution in [0.15, 0.2) is 16.8 Å². The molecule has 2 unspecified atom stereocenters. The topological polar surface area (TPSA) is 156 Å². The van der Waals surface area contributed by atoms with Crippen LogP contribution in [0.2, 0.25) is 0 Å². The Bertz CT molecular complexity index is 794. The lowest BCUT2D eigenvalue weighted by molar-refractivity contribution is -0.141. The van der Waals surface area contributed by atoms with Gasteiger partial charge in [-0.1, -0.05) is 12.8 Å². The fourth-order valence-corrected chi connectivity index (χ4v) is 2.95. The van der Waals surface area contributed by atoms with E-state index in [0.717, 1.165) is 6.42 Å². The van der Waals surface area contributed by atoms with Crippen LogP contribution < -0.4 is 21.3 Å². The molecule has 36 heavy (non-hydrogen) atoms. The lowest BCUT2D eigenvalue weighted by Crippen LogP contribution is -2.46. The van der Waals surface area contributed by atoms with E-state index in [2.05, 4.69) is 43.6 Å². The summed E-state index contributed by atoms with van der Waals surface area (Å²) < 4.78 is 14.9. The summed E-state index contributed by atoms with van der Waals surface area (Å²) in [6, 6.07) is -0.449. The van der Waals surface area contributed by atoms with Crippen LogP contribution >= 0.6 is 12.6 Å². The highest BCUT2D eigenvalue weighted by Crippen LogP contribution is 2.07. The highest BCUT2D eigenvalue weighted by Gasteiger charge is 2.19. The van der Waals surface area contributed by atoms with Gasteiger partial charge in [0.25, 0.3) is 0 Å². The van der Waals surface area contributed by atoms with Crippen LogP contribution in [0.25, 0.3) is 0 Å². The Kier molecular flexibility index (Phi) is 16.2. The summed E-state index contributed by atoms with van der Waals surface area (Å²) in [6.07, 6.45) is 2.69. The van der Waals surface area contributed by atoms with Crippen molar-refractivity contribution in [2.24, 2.45) is 4.99 Å². The van der Waals surface area contributed by atoms with Crippen molar-refractivity contribution < 1.29 is 33.4 Å². The number of nitrogens with zero attached hydrogens (tertiary/aromatic N) is 1. The van der Waals surface area contributed by atoms with E-state index in [-0.39, 0.29) is 23.7 Å². The van der Waals surface area contributed by atoms with Gasteiger partial charge in [0, 0.05) is 11.8 Å². The number of aliphatic imine (C=N–C) groups is 1. The van der Waals surface area contributed by atoms with Crippen LogP contribution in [0.4, 0.5) is 9.59 Å². The molecular formula is C23H41N5O7S. The van der Waals surface area contributed by atoms with Crippen LogP contribution in [-0.4, -0.2) is 74.2 Å². The minimum absolute atomic E-state index is 0.101. The number of allylic oxidation sites excluding steroid dienone is 1. The highest BCUT2D eigenvalue weighted by atomic mass is 32.1. The summed E-state index contributed by atoms with van der Waals surface area (Å²) in [6.45, 7) is 8.68. The molecule has 206 valence electrons. The fraction of sp³-hybridized carbons (Fsp3) is 0.696. The third-order valence-corrected chi connectivity index (χ3v) is 4.44. The summed E-state index contributed by atoms with van der Waals surface area (Å²) in [4.78, 5) is 51.9. The molecule has 0 aromatic heterocycles. The van der Waals surface area contributed by atoms with Gasteiger partial charge in [0.2, 0.25) is 11.9 Å². The zero-order valence-electron chi connectivity index (χ0n) is 22.2. The second-order valence-corrected chi connectivity index (χ2v) is 9.69. The molecule has 0 bridgehead atoms. The molecule has 0 aliphatic heterocycles. The number of methoxy groups -OCH3 is 1. The molecule has 0 spiro atoms. The zero-order chi connectivity index (χ0) is 27.7. The molecule has 0 fully saturated rings. The molecule has 0 aromatic carbocycles. The Morgan fingerprint density at radius 3 is 2.25 bits per heavy atom. The SMILES string of the molecule is CNC(CCCCCN=C(NC(=O)OC(C)=CC(C)S)NC(=O)OC(C)(C)C)C(=O)NCC(=O)OC. The van der Waals surface area contributed by atoms with Gasteiger partial charge in [0.1, 0.15) is 17.9 Å². The molecular weight excluding hydrogens is 490 g/mol. The molecule has 3 amide bonds. The first-order valence-electron chi connectivity index (χ1n) is 11.7. The van der Waals surface area contributed by atoms with E-state index < -0.39 is 29.8 Å². The maximum Gasteiger partial charge on any atom is 0.419 e. The number of carbonyl (C=O) groups is 4. The Morgan fingerprint density at radius 2 is 1.69 bits per heavy atom. The summed E-state index contributed by atoms with van der Waals surface area (Å²) in [5.74, 6) is -0.562. The molecule has 0 heterocycles. The molecule has 4 N–H and O–H groups in total. The van der Waals surface area contributed by atoms with Crippen molar-refractivity contribution in [3.05, 3.63) is 11.8 Å². The molecule has 0 aromatic rings. The van der Waals surface area contributed by atoms with Crippen molar-refractivity contribution in [2.45, 2.75) is 77.2 Å². The molecule has 0 radical (unpaired) electrons. The number of esters is 1. The van der Waals surface area contributed by atoms with Crippen molar-refractivity contribution in [3.63, 3.8) is 0 Å². The number of carbonyl (C=O) groups excluding carboxylic acids is 4. The second kappa shape index (κ2) is 17.6. The normalized spacial score (nSPS) is 13.8. The number of alkyl carbamates (subject to hydrolysis) is 2. The van der Waals surface area contributed by atoms with Gasteiger partial charge in [0.05, 0.1) is 13.2 Å². The summed E-state index contributed by atoms with van der Waals surface area (Å²) in [5, 5.41) is 10.2. The molecule has 0 saturated heterocycles. The maximum absolute atomic E-state index is 12.2. The number of unbranched alkanes of at least 4 members (excludes halogenated alkanes) is 2. The average molecular weight is 532 g/mol. The highest BCUT2D eigenvalue weighted by molar-refractivity contribution is 7.81. The molecule has 0 aliphatic carbocycles. The zero-order valence-corrected chi connectivity index (χ0v) is 23.1. The first kappa shape index (κ1) is 33.2. The third-order valence-electron chi connectivity index (χ3n) is 4.29. The van der Waals surface area contributed by atoms with Gasteiger partial charge < -0.3 is 24.8 Å². The third kappa shape index (κ3) is 17.6. The molecule has 0 saturated carbocycles. The van der Waals surface area contributed by atoms with Gasteiger partial charge in [-0.25, -0.2) is 9.59 Å². The molecule has 2 atom stereocenters. The lowest BCUT2D eigenvalue weighted by atomic mass is 10.1. The fourth-order valence-electron chi connectivity index (χ4n) is 2.74.